The number of amides is 1. The highest BCUT2D eigenvalue weighted by atomic mass is 16.5. The number of aromatic nitrogens is 1. The molecule has 0 aliphatic heterocycles. The lowest BCUT2D eigenvalue weighted by molar-refractivity contribution is 0.0613. The molecule has 0 radical (unpaired) electrons. The van der Waals surface area contributed by atoms with E-state index < -0.39 is 0 Å². The summed E-state index contributed by atoms with van der Waals surface area (Å²) >= 11 is 0. The molecule has 1 rings (SSSR count). The van der Waals surface area contributed by atoms with Crippen LogP contribution >= 0.6 is 0 Å². The first kappa shape index (κ1) is 17.4. The van der Waals surface area contributed by atoms with Crippen molar-refractivity contribution in [3.05, 3.63) is 23.4 Å². The van der Waals surface area contributed by atoms with Gasteiger partial charge in [-0.2, -0.15) is 0 Å². The fourth-order valence-corrected chi connectivity index (χ4v) is 2.22. The number of ether oxygens (including phenoxy) is 1. The average molecular weight is 293 g/mol. The minimum atomic E-state index is -0.00662. The Morgan fingerprint density at radius 3 is 2.71 bits per heavy atom. The second kappa shape index (κ2) is 8.62. The molecule has 0 fully saturated rings. The number of nitrogens with two attached hydrogens (primary N) is 1. The second-order valence-electron chi connectivity index (χ2n) is 5.27. The van der Waals surface area contributed by atoms with Gasteiger partial charge in [0.1, 0.15) is 5.82 Å². The Morgan fingerprint density at radius 1 is 1.43 bits per heavy atom. The molecule has 5 heteroatoms. The van der Waals surface area contributed by atoms with Crippen molar-refractivity contribution in [3.63, 3.8) is 0 Å². The van der Waals surface area contributed by atoms with Crippen molar-refractivity contribution in [1.82, 2.24) is 9.88 Å². The lowest BCUT2D eigenvalue weighted by atomic mass is 10.1. The number of hydrogen-bond acceptors (Lipinski definition) is 4. The van der Waals surface area contributed by atoms with Gasteiger partial charge in [-0.15, -0.1) is 0 Å². The zero-order valence-corrected chi connectivity index (χ0v) is 13.6. The number of nitrogens with zero attached hydrogens (tertiary/aromatic N) is 2. The Balaban J connectivity index is 3.01. The highest BCUT2D eigenvalue weighted by molar-refractivity contribution is 5.95. The van der Waals surface area contributed by atoms with Crippen molar-refractivity contribution < 1.29 is 9.53 Å². The molecule has 0 saturated carbocycles. The maximum absolute atomic E-state index is 12.7. The number of methoxy groups -OCH3 is 1. The van der Waals surface area contributed by atoms with Gasteiger partial charge >= 0.3 is 0 Å². The van der Waals surface area contributed by atoms with Crippen LogP contribution in [0, 0.1) is 0 Å². The summed E-state index contributed by atoms with van der Waals surface area (Å²) in [5, 5.41) is 0. The highest BCUT2D eigenvalue weighted by Gasteiger charge is 2.21. The monoisotopic (exact) mass is 293 g/mol. The molecule has 1 atom stereocenters. The van der Waals surface area contributed by atoms with Crippen LogP contribution in [0.25, 0.3) is 0 Å². The van der Waals surface area contributed by atoms with E-state index in [-0.39, 0.29) is 11.9 Å². The first-order valence-electron chi connectivity index (χ1n) is 7.59. The molecule has 1 aromatic heterocycles. The Labute approximate surface area is 127 Å². The Morgan fingerprint density at radius 2 is 2.14 bits per heavy atom. The van der Waals surface area contributed by atoms with Gasteiger partial charge in [-0.25, -0.2) is 4.98 Å². The number of aryl methyl sites for hydroxylation is 1. The Hall–Kier alpha value is -1.62. The van der Waals surface area contributed by atoms with Crippen LogP contribution in [-0.2, 0) is 11.2 Å². The standard InChI is InChI=1S/C16H27N3O2/c1-5-7-14-10-13(11-15(17)18-14)16(20)19(8-9-21-4)12(3)6-2/h10-12H,5-9H2,1-4H3,(H2,17,18). The number of nitrogen functional groups attached to an aromatic ring is 1. The van der Waals surface area contributed by atoms with Crippen LogP contribution in [0.1, 0.15) is 49.7 Å². The fraction of sp³-hybridized carbons (Fsp3) is 0.625. The third kappa shape index (κ3) is 5.01. The number of rotatable bonds is 8. The van der Waals surface area contributed by atoms with Gasteiger partial charge < -0.3 is 15.4 Å². The normalized spacial score (nSPS) is 12.2. The summed E-state index contributed by atoms with van der Waals surface area (Å²) in [6, 6.07) is 3.67. The fourth-order valence-electron chi connectivity index (χ4n) is 2.22. The summed E-state index contributed by atoms with van der Waals surface area (Å²) in [7, 11) is 1.64. The van der Waals surface area contributed by atoms with Crippen molar-refractivity contribution >= 4 is 11.7 Å². The second-order valence-corrected chi connectivity index (χ2v) is 5.27. The summed E-state index contributed by atoms with van der Waals surface area (Å²) in [6.45, 7) is 7.30. The smallest absolute Gasteiger partial charge is 0.254 e. The molecular weight excluding hydrogens is 266 g/mol. The molecule has 0 aliphatic carbocycles. The van der Waals surface area contributed by atoms with Gasteiger partial charge in [0.15, 0.2) is 0 Å². The highest BCUT2D eigenvalue weighted by Crippen LogP contribution is 2.15. The maximum Gasteiger partial charge on any atom is 0.254 e. The third-order valence-corrected chi connectivity index (χ3v) is 3.57. The molecule has 2 N–H and O–H groups in total. The molecule has 0 saturated heterocycles. The van der Waals surface area contributed by atoms with E-state index >= 15 is 0 Å². The molecule has 5 nitrogen and oxygen atoms in total. The number of pyridine rings is 1. The molecule has 0 aliphatic rings. The number of carbonyl (C=O) groups is 1. The third-order valence-electron chi connectivity index (χ3n) is 3.57. The lowest BCUT2D eigenvalue weighted by Crippen LogP contribution is -2.40. The largest absolute Gasteiger partial charge is 0.384 e. The van der Waals surface area contributed by atoms with Gasteiger partial charge in [0.05, 0.1) is 6.61 Å². The molecule has 1 unspecified atom stereocenters. The first-order valence-corrected chi connectivity index (χ1v) is 7.59. The topological polar surface area (TPSA) is 68.5 Å². The molecule has 118 valence electrons. The van der Waals surface area contributed by atoms with Gasteiger partial charge in [-0.3, -0.25) is 4.79 Å². The van der Waals surface area contributed by atoms with Crippen LogP contribution in [0.15, 0.2) is 12.1 Å². The first-order chi connectivity index (χ1) is 10.0. The van der Waals surface area contributed by atoms with Crippen LogP contribution in [0.5, 0.6) is 0 Å². The number of hydrogen-bond donors (Lipinski definition) is 1. The summed E-state index contributed by atoms with van der Waals surface area (Å²) in [4.78, 5) is 18.9. The van der Waals surface area contributed by atoms with E-state index in [1.807, 2.05) is 17.9 Å². The predicted molar refractivity (Wildman–Crippen MR) is 85.3 cm³/mol. The quantitative estimate of drug-likeness (QED) is 0.799. The van der Waals surface area contributed by atoms with Crippen molar-refractivity contribution in [2.75, 3.05) is 26.0 Å². The summed E-state index contributed by atoms with van der Waals surface area (Å²) in [5.74, 6) is 0.396. The molecular formula is C16H27N3O2. The van der Waals surface area contributed by atoms with Crippen molar-refractivity contribution in [1.29, 1.82) is 0 Å². The van der Waals surface area contributed by atoms with Crippen molar-refractivity contribution in [3.8, 4) is 0 Å². The minimum Gasteiger partial charge on any atom is -0.384 e. The van der Waals surface area contributed by atoms with Crippen LogP contribution < -0.4 is 5.73 Å². The molecule has 1 amide bonds. The summed E-state index contributed by atoms with van der Waals surface area (Å²) in [6.07, 6.45) is 2.70. The van der Waals surface area contributed by atoms with E-state index in [2.05, 4.69) is 18.8 Å². The maximum atomic E-state index is 12.7. The van der Waals surface area contributed by atoms with Gasteiger partial charge in [0.25, 0.3) is 5.91 Å². The van der Waals surface area contributed by atoms with Crippen molar-refractivity contribution in [2.24, 2.45) is 0 Å². The molecule has 0 spiro atoms. The Kier molecular flexibility index (Phi) is 7.15. The van der Waals surface area contributed by atoms with E-state index in [1.165, 1.54) is 0 Å². The van der Waals surface area contributed by atoms with Gasteiger partial charge in [-0.05, 0) is 31.9 Å². The average Bonchev–Trinajstić information content (AvgIpc) is 2.46. The predicted octanol–water partition coefficient (Wildman–Crippen LogP) is 2.50. The van der Waals surface area contributed by atoms with Gasteiger partial charge in [-0.1, -0.05) is 20.3 Å². The molecule has 1 heterocycles. The van der Waals surface area contributed by atoms with Crippen LogP contribution in [0.2, 0.25) is 0 Å². The lowest BCUT2D eigenvalue weighted by Gasteiger charge is -2.28. The molecule has 1 aromatic rings. The van der Waals surface area contributed by atoms with E-state index in [4.69, 9.17) is 10.5 Å². The summed E-state index contributed by atoms with van der Waals surface area (Å²) in [5.41, 5.74) is 7.32. The van der Waals surface area contributed by atoms with E-state index in [9.17, 15) is 4.79 Å². The number of carbonyl (C=O) groups excluding carboxylic acids is 1. The molecule has 0 aromatic carbocycles. The van der Waals surface area contributed by atoms with E-state index in [0.29, 0.717) is 24.5 Å². The Bertz CT molecular complexity index is 463. The zero-order chi connectivity index (χ0) is 15.8. The van der Waals surface area contributed by atoms with E-state index in [0.717, 1.165) is 25.0 Å². The van der Waals surface area contributed by atoms with E-state index in [1.54, 1.807) is 13.2 Å². The summed E-state index contributed by atoms with van der Waals surface area (Å²) < 4.78 is 5.11. The molecule has 21 heavy (non-hydrogen) atoms. The van der Waals surface area contributed by atoms with Crippen LogP contribution in [0.4, 0.5) is 5.82 Å². The minimum absolute atomic E-state index is 0.00662. The van der Waals surface area contributed by atoms with Crippen molar-refractivity contribution in [2.45, 2.75) is 46.1 Å². The zero-order valence-electron chi connectivity index (χ0n) is 13.6. The molecule has 0 bridgehead atoms. The van der Waals surface area contributed by atoms with Crippen LogP contribution in [-0.4, -0.2) is 42.1 Å². The van der Waals surface area contributed by atoms with Crippen LogP contribution in [0.3, 0.4) is 0 Å². The van der Waals surface area contributed by atoms with Gasteiger partial charge in [0.2, 0.25) is 0 Å². The SMILES string of the molecule is CCCc1cc(C(=O)N(CCOC)C(C)CC)cc(N)n1. The number of anilines is 1. The van der Waals surface area contributed by atoms with Gasteiger partial charge in [0, 0.05) is 31.0 Å².